The van der Waals surface area contributed by atoms with Crippen molar-refractivity contribution in [1.29, 1.82) is 0 Å². The van der Waals surface area contributed by atoms with Gasteiger partial charge in [-0.2, -0.15) is 0 Å². The number of benzene rings is 2. The Kier molecular flexibility index (Phi) is 4.95. The van der Waals surface area contributed by atoms with E-state index in [9.17, 15) is 9.90 Å². The van der Waals surface area contributed by atoms with Crippen LogP contribution in [0.4, 0.5) is 0 Å². The van der Waals surface area contributed by atoms with E-state index in [1.54, 1.807) is 6.92 Å². The van der Waals surface area contributed by atoms with Gasteiger partial charge >= 0.3 is 5.97 Å². The average Bonchev–Trinajstić information content (AvgIpc) is 3.06. The maximum Gasteiger partial charge on any atom is 0.320 e. The van der Waals surface area contributed by atoms with Crippen LogP contribution in [0.1, 0.15) is 20.3 Å². The third-order valence-corrected chi connectivity index (χ3v) is 5.39. The standard InChI is InChI=1S/C20H19NO3S/c1-3-20(2,18(22)23)25-19-21-16(14-10-6-4-7-11-14)17(24-19)15-12-8-5-9-13-15/h4-13H,3H2,1-2H3,(H,22,23). The maximum absolute atomic E-state index is 11.6. The number of hydrogen-bond donors (Lipinski definition) is 1. The van der Waals surface area contributed by atoms with Crippen LogP contribution >= 0.6 is 11.8 Å². The quantitative estimate of drug-likeness (QED) is 0.605. The van der Waals surface area contributed by atoms with E-state index in [1.165, 1.54) is 0 Å². The van der Waals surface area contributed by atoms with Crippen LogP contribution in [0.5, 0.6) is 0 Å². The molecule has 1 aromatic heterocycles. The number of carbonyl (C=O) groups is 1. The van der Waals surface area contributed by atoms with Crippen molar-refractivity contribution in [3.8, 4) is 22.6 Å². The molecular formula is C20H19NO3S. The highest BCUT2D eigenvalue weighted by atomic mass is 32.2. The molecule has 0 aliphatic rings. The highest BCUT2D eigenvalue weighted by Gasteiger charge is 2.35. The summed E-state index contributed by atoms with van der Waals surface area (Å²) < 4.78 is 5.01. The molecule has 2 aromatic carbocycles. The number of hydrogen-bond acceptors (Lipinski definition) is 4. The summed E-state index contributed by atoms with van der Waals surface area (Å²) in [5.74, 6) is -0.223. The van der Waals surface area contributed by atoms with Crippen molar-refractivity contribution in [2.24, 2.45) is 0 Å². The van der Waals surface area contributed by atoms with Gasteiger partial charge in [-0.25, -0.2) is 4.98 Å². The highest BCUT2D eigenvalue weighted by molar-refractivity contribution is 8.01. The molecule has 1 atom stereocenters. The molecule has 0 fully saturated rings. The summed E-state index contributed by atoms with van der Waals surface area (Å²) in [5, 5.41) is 9.88. The molecule has 5 heteroatoms. The predicted octanol–water partition coefficient (Wildman–Crippen LogP) is 5.35. The first kappa shape index (κ1) is 17.3. The zero-order valence-electron chi connectivity index (χ0n) is 14.1. The predicted molar refractivity (Wildman–Crippen MR) is 99.6 cm³/mol. The van der Waals surface area contributed by atoms with Crippen molar-refractivity contribution < 1.29 is 14.3 Å². The second kappa shape index (κ2) is 7.15. The van der Waals surface area contributed by atoms with Crippen LogP contribution in [0.3, 0.4) is 0 Å². The number of rotatable bonds is 6. The fourth-order valence-electron chi connectivity index (χ4n) is 2.38. The van der Waals surface area contributed by atoms with E-state index in [1.807, 2.05) is 67.6 Å². The van der Waals surface area contributed by atoms with Crippen molar-refractivity contribution in [3.63, 3.8) is 0 Å². The van der Waals surface area contributed by atoms with Crippen molar-refractivity contribution in [2.45, 2.75) is 30.2 Å². The number of thioether (sulfide) groups is 1. The minimum absolute atomic E-state index is 0.365. The minimum atomic E-state index is -0.979. The van der Waals surface area contributed by atoms with Crippen molar-refractivity contribution in [2.75, 3.05) is 0 Å². The second-order valence-corrected chi connectivity index (χ2v) is 7.34. The molecule has 0 bridgehead atoms. The normalized spacial score (nSPS) is 13.4. The SMILES string of the molecule is CCC(C)(Sc1nc(-c2ccccc2)c(-c2ccccc2)o1)C(=O)O. The topological polar surface area (TPSA) is 63.3 Å². The van der Waals surface area contributed by atoms with Crippen molar-refractivity contribution >= 4 is 17.7 Å². The summed E-state index contributed by atoms with van der Waals surface area (Å²) in [4.78, 5) is 16.2. The number of carboxylic acids is 1. The molecule has 3 aromatic rings. The largest absolute Gasteiger partial charge is 0.480 e. The second-order valence-electron chi connectivity index (χ2n) is 5.88. The van der Waals surface area contributed by atoms with Gasteiger partial charge in [-0.15, -0.1) is 0 Å². The molecule has 0 aliphatic heterocycles. The summed E-state index contributed by atoms with van der Waals surface area (Å²) in [6.45, 7) is 3.54. The molecule has 1 heterocycles. The summed E-state index contributed by atoms with van der Waals surface area (Å²) in [5.41, 5.74) is 2.57. The van der Waals surface area contributed by atoms with Crippen LogP contribution in [0.2, 0.25) is 0 Å². The van der Waals surface area contributed by atoms with Gasteiger partial charge in [-0.3, -0.25) is 4.79 Å². The van der Waals surface area contributed by atoms with Gasteiger partial charge in [0.2, 0.25) is 0 Å². The first-order valence-electron chi connectivity index (χ1n) is 8.07. The lowest BCUT2D eigenvalue weighted by atomic mass is 10.1. The number of oxazole rings is 1. The molecular weight excluding hydrogens is 334 g/mol. The van der Waals surface area contributed by atoms with E-state index in [0.717, 1.165) is 28.6 Å². The molecule has 4 nitrogen and oxygen atoms in total. The van der Waals surface area contributed by atoms with Gasteiger partial charge < -0.3 is 9.52 Å². The molecule has 0 amide bonds. The zero-order chi connectivity index (χ0) is 17.9. The Balaban J connectivity index is 2.08. The molecule has 1 unspecified atom stereocenters. The smallest absolute Gasteiger partial charge is 0.320 e. The molecule has 1 N–H and O–H groups in total. The van der Waals surface area contributed by atoms with Gasteiger partial charge in [0.05, 0.1) is 0 Å². The molecule has 0 aliphatic carbocycles. The first-order chi connectivity index (χ1) is 12.0. The lowest BCUT2D eigenvalue weighted by molar-refractivity contribution is -0.139. The van der Waals surface area contributed by atoms with E-state index in [4.69, 9.17) is 4.42 Å². The van der Waals surface area contributed by atoms with Gasteiger partial charge in [0, 0.05) is 11.1 Å². The monoisotopic (exact) mass is 353 g/mol. The lowest BCUT2D eigenvalue weighted by Crippen LogP contribution is -2.30. The summed E-state index contributed by atoms with van der Waals surface area (Å²) in [6.07, 6.45) is 0.469. The van der Waals surface area contributed by atoms with Crippen LogP contribution in [0, 0.1) is 0 Å². The van der Waals surface area contributed by atoms with Gasteiger partial charge in [-0.05, 0) is 25.1 Å². The van der Waals surface area contributed by atoms with E-state index >= 15 is 0 Å². The molecule has 3 rings (SSSR count). The lowest BCUT2D eigenvalue weighted by Gasteiger charge is -2.19. The first-order valence-corrected chi connectivity index (χ1v) is 8.89. The van der Waals surface area contributed by atoms with Crippen LogP contribution in [0.15, 0.2) is 70.3 Å². The van der Waals surface area contributed by atoms with Gasteiger partial charge in [0.15, 0.2) is 5.76 Å². The molecule has 0 spiro atoms. The Labute approximate surface area is 150 Å². The van der Waals surface area contributed by atoms with E-state index < -0.39 is 10.7 Å². The number of aliphatic carboxylic acids is 1. The van der Waals surface area contributed by atoms with Gasteiger partial charge in [0.25, 0.3) is 5.22 Å². The van der Waals surface area contributed by atoms with Crippen molar-refractivity contribution in [3.05, 3.63) is 60.7 Å². The highest BCUT2D eigenvalue weighted by Crippen LogP contribution is 2.40. The number of aromatic nitrogens is 1. The van der Waals surface area contributed by atoms with Crippen LogP contribution in [-0.2, 0) is 4.79 Å². The van der Waals surface area contributed by atoms with Crippen LogP contribution in [0.25, 0.3) is 22.6 Å². The summed E-state index contributed by atoms with van der Waals surface area (Å²) in [6, 6.07) is 19.5. The van der Waals surface area contributed by atoms with E-state index in [2.05, 4.69) is 4.98 Å². The van der Waals surface area contributed by atoms with Crippen LogP contribution in [-0.4, -0.2) is 20.8 Å². The molecule has 0 saturated carbocycles. The molecule has 0 saturated heterocycles. The Morgan fingerprint density at radius 2 is 1.64 bits per heavy atom. The summed E-state index contributed by atoms with van der Waals surface area (Å²) >= 11 is 1.15. The third-order valence-electron chi connectivity index (χ3n) is 4.13. The molecule has 0 radical (unpaired) electrons. The molecule has 25 heavy (non-hydrogen) atoms. The Morgan fingerprint density at radius 3 is 2.16 bits per heavy atom. The van der Waals surface area contributed by atoms with Gasteiger partial charge in [-0.1, -0.05) is 67.6 Å². The fraction of sp³-hybridized carbons (Fsp3) is 0.200. The number of carboxylic acid groups (broad SMARTS) is 1. The third kappa shape index (κ3) is 3.61. The Hall–Kier alpha value is -2.53. The zero-order valence-corrected chi connectivity index (χ0v) is 14.9. The maximum atomic E-state index is 11.6. The Bertz CT molecular complexity index is 804. The van der Waals surface area contributed by atoms with Gasteiger partial charge in [0.1, 0.15) is 10.4 Å². The fourth-order valence-corrected chi connectivity index (χ4v) is 3.26. The molecule has 128 valence electrons. The minimum Gasteiger partial charge on any atom is -0.480 e. The van der Waals surface area contributed by atoms with Crippen molar-refractivity contribution in [1.82, 2.24) is 4.98 Å². The number of nitrogens with zero attached hydrogens (tertiary/aromatic N) is 1. The van der Waals surface area contributed by atoms with E-state index in [-0.39, 0.29) is 0 Å². The Morgan fingerprint density at radius 1 is 1.08 bits per heavy atom. The van der Waals surface area contributed by atoms with E-state index in [0.29, 0.717) is 17.4 Å². The van der Waals surface area contributed by atoms with Crippen LogP contribution < -0.4 is 0 Å². The summed E-state index contributed by atoms with van der Waals surface area (Å²) in [7, 11) is 0. The average molecular weight is 353 g/mol.